The number of esters is 1. The van der Waals surface area contributed by atoms with E-state index in [1.807, 2.05) is 48.5 Å². The van der Waals surface area contributed by atoms with Crippen molar-refractivity contribution in [3.8, 4) is 11.3 Å². The van der Waals surface area contributed by atoms with E-state index in [9.17, 15) is 4.79 Å². The van der Waals surface area contributed by atoms with Crippen molar-refractivity contribution in [2.45, 2.75) is 0 Å². The Morgan fingerprint density at radius 2 is 1.71 bits per heavy atom. The number of methoxy groups -OCH3 is 1. The minimum absolute atomic E-state index is 0.375. The molecule has 2 aromatic rings. The summed E-state index contributed by atoms with van der Waals surface area (Å²) in [5.74, 6) is 0.210. The summed E-state index contributed by atoms with van der Waals surface area (Å²) in [5, 5.41) is 2.87. The molecule has 0 amide bonds. The largest absolute Gasteiger partial charge is 0.465 e. The van der Waals surface area contributed by atoms with E-state index in [2.05, 4.69) is 6.07 Å². The van der Waals surface area contributed by atoms with Gasteiger partial charge < -0.3 is 9.15 Å². The molecule has 0 fully saturated rings. The molecular formula is C18H12O3. The number of carbonyl (C=O) groups excluding carboxylic acids is 1. The number of fused-ring (bicyclic) bond motifs is 4. The Kier molecular flexibility index (Phi) is 2.48. The molecular weight excluding hydrogens is 264 g/mol. The first kappa shape index (κ1) is 12.0. The first-order chi connectivity index (χ1) is 10.3. The molecule has 1 aliphatic heterocycles. The van der Waals surface area contributed by atoms with Crippen LogP contribution in [0.2, 0.25) is 0 Å². The molecule has 4 rings (SSSR count). The fourth-order valence-electron chi connectivity index (χ4n) is 2.83. The van der Waals surface area contributed by atoms with Crippen molar-refractivity contribution in [2.75, 3.05) is 7.11 Å². The van der Waals surface area contributed by atoms with Crippen molar-refractivity contribution in [2.24, 2.45) is 0 Å². The number of benzene rings is 2. The zero-order valence-corrected chi connectivity index (χ0v) is 11.4. The zero-order chi connectivity index (χ0) is 14.4. The van der Waals surface area contributed by atoms with Crippen LogP contribution in [0.25, 0.3) is 33.1 Å². The first-order valence-electron chi connectivity index (χ1n) is 6.71. The van der Waals surface area contributed by atoms with Crippen LogP contribution in [0, 0.1) is 0 Å². The standard InChI is InChI=1S/C18H12O3/c1-20-18(19)16-13-8-4-3-7-12(13)14-10-11-6-2-5-9-15(11)21-17(14)16/h2-10H,1H3. The van der Waals surface area contributed by atoms with Crippen molar-refractivity contribution in [1.29, 1.82) is 0 Å². The molecule has 0 saturated carbocycles. The SMILES string of the molecule is COC(=O)c1c2oc3ccccc3cc-2c2ccccc12. The average molecular weight is 276 g/mol. The van der Waals surface area contributed by atoms with Crippen LogP contribution in [-0.2, 0) is 4.74 Å². The third kappa shape index (κ3) is 1.64. The normalized spacial score (nSPS) is 11.3. The van der Waals surface area contributed by atoms with Crippen LogP contribution in [0.15, 0.2) is 59.0 Å². The van der Waals surface area contributed by atoms with E-state index < -0.39 is 0 Å². The van der Waals surface area contributed by atoms with E-state index in [0.29, 0.717) is 11.3 Å². The van der Waals surface area contributed by atoms with Gasteiger partial charge in [-0.25, -0.2) is 4.79 Å². The van der Waals surface area contributed by atoms with Gasteiger partial charge in [-0.15, -0.1) is 0 Å². The van der Waals surface area contributed by atoms with Crippen LogP contribution in [0.4, 0.5) is 0 Å². The van der Waals surface area contributed by atoms with Crippen molar-refractivity contribution >= 4 is 27.7 Å². The second-order valence-electron chi connectivity index (χ2n) is 4.94. The lowest BCUT2D eigenvalue weighted by Gasteiger charge is -2.05. The third-order valence-corrected chi connectivity index (χ3v) is 3.78. The van der Waals surface area contributed by atoms with Gasteiger partial charge in [0.15, 0.2) is 0 Å². The molecule has 0 radical (unpaired) electrons. The minimum atomic E-state index is -0.375. The van der Waals surface area contributed by atoms with Crippen molar-refractivity contribution in [3.63, 3.8) is 0 Å². The monoisotopic (exact) mass is 276 g/mol. The molecule has 0 saturated heterocycles. The number of carbonyl (C=O) groups is 1. The maximum Gasteiger partial charge on any atom is 0.342 e. The van der Waals surface area contributed by atoms with Gasteiger partial charge in [0.25, 0.3) is 0 Å². The molecule has 102 valence electrons. The number of rotatable bonds is 1. The fraction of sp³-hybridized carbons (Fsp3) is 0.0556. The van der Waals surface area contributed by atoms with Gasteiger partial charge in [0.2, 0.25) is 0 Å². The lowest BCUT2D eigenvalue weighted by atomic mass is 10.1. The highest BCUT2D eigenvalue weighted by Crippen LogP contribution is 2.41. The average Bonchev–Trinajstić information content (AvgIpc) is 2.85. The van der Waals surface area contributed by atoms with Gasteiger partial charge >= 0.3 is 5.97 Å². The lowest BCUT2D eigenvalue weighted by Crippen LogP contribution is -2.01. The highest BCUT2D eigenvalue weighted by Gasteiger charge is 2.26. The van der Waals surface area contributed by atoms with Crippen LogP contribution in [0.5, 0.6) is 0 Å². The molecule has 0 N–H and O–H groups in total. The Hall–Kier alpha value is -2.81. The van der Waals surface area contributed by atoms with Crippen LogP contribution >= 0.6 is 0 Å². The summed E-state index contributed by atoms with van der Waals surface area (Å²) in [6.45, 7) is 0. The van der Waals surface area contributed by atoms with Crippen LogP contribution in [0.1, 0.15) is 10.4 Å². The summed E-state index contributed by atoms with van der Waals surface area (Å²) in [6.07, 6.45) is 0. The van der Waals surface area contributed by atoms with Crippen LogP contribution in [-0.4, -0.2) is 13.1 Å². The topological polar surface area (TPSA) is 39.4 Å². The number of para-hydroxylation sites is 1. The second-order valence-corrected chi connectivity index (χ2v) is 4.94. The molecule has 0 aromatic heterocycles. The minimum Gasteiger partial charge on any atom is -0.465 e. The van der Waals surface area contributed by atoms with Gasteiger partial charge in [-0.1, -0.05) is 42.5 Å². The van der Waals surface area contributed by atoms with E-state index in [-0.39, 0.29) is 5.97 Å². The highest BCUT2D eigenvalue weighted by molar-refractivity contribution is 6.17. The third-order valence-electron chi connectivity index (χ3n) is 3.78. The van der Waals surface area contributed by atoms with E-state index in [1.54, 1.807) is 0 Å². The molecule has 1 heterocycles. The Bertz CT molecular complexity index is 949. The summed E-state index contributed by atoms with van der Waals surface area (Å²) in [6, 6.07) is 17.6. The van der Waals surface area contributed by atoms with Crippen molar-refractivity contribution in [1.82, 2.24) is 0 Å². The van der Waals surface area contributed by atoms with E-state index in [4.69, 9.17) is 9.15 Å². The highest BCUT2D eigenvalue weighted by atomic mass is 16.5. The summed E-state index contributed by atoms with van der Waals surface area (Å²) in [4.78, 5) is 12.2. The van der Waals surface area contributed by atoms with Gasteiger partial charge in [-0.05, 0) is 17.5 Å². The molecule has 0 spiro atoms. The van der Waals surface area contributed by atoms with Gasteiger partial charge in [0.1, 0.15) is 16.9 Å². The predicted molar refractivity (Wildman–Crippen MR) is 81.7 cm³/mol. The molecule has 3 heteroatoms. The summed E-state index contributed by atoms with van der Waals surface area (Å²) >= 11 is 0. The second kappa shape index (κ2) is 4.35. The Morgan fingerprint density at radius 3 is 2.52 bits per heavy atom. The quantitative estimate of drug-likeness (QED) is 0.481. The van der Waals surface area contributed by atoms with Crippen LogP contribution in [0.3, 0.4) is 0 Å². The van der Waals surface area contributed by atoms with Gasteiger partial charge in [-0.3, -0.25) is 0 Å². The molecule has 21 heavy (non-hydrogen) atoms. The number of hydrogen-bond donors (Lipinski definition) is 0. The first-order valence-corrected chi connectivity index (χ1v) is 6.71. The maximum absolute atomic E-state index is 12.2. The van der Waals surface area contributed by atoms with Crippen molar-refractivity contribution in [3.05, 3.63) is 60.2 Å². The summed E-state index contributed by atoms with van der Waals surface area (Å²) < 4.78 is 10.9. The Labute approximate surface area is 121 Å². The van der Waals surface area contributed by atoms with Gasteiger partial charge in [0, 0.05) is 16.3 Å². The Balaban J connectivity index is 2.23. The van der Waals surface area contributed by atoms with E-state index in [0.717, 1.165) is 27.3 Å². The van der Waals surface area contributed by atoms with Crippen LogP contribution < -0.4 is 0 Å². The van der Waals surface area contributed by atoms with Gasteiger partial charge in [-0.2, -0.15) is 0 Å². The number of ether oxygens (including phenoxy) is 1. The van der Waals surface area contributed by atoms with E-state index >= 15 is 0 Å². The summed E-state index contributed by atoms with van der Waals surface area (Å²) in [7, 11) is 1.39. The smallest absolute Gasteiger partial charge is 0.342 e. The molecule has 3 nitrogen and oxygen atoms in total. The molecule has 2 aliphatic rings. The van der Waals surface area contributed by atoms with Gasteiger partial charge in [0.05, 0.1) is 7.11 Å². The zero-order valence-electron chi connectivity index (χ0n) is 11.4. The molecule has 1 aliphatic carbocycles. The predicted octanol–water partition coefficient (Wildman–Crippen LogP) is 4.48. The van der Waals surface area contributed by atoms with E-state index in [1.165, 1.54) is 7.11 Å². The molecule has 0 unspecified atom stereocenters. The fourth-order valence-corrected chi connectivity index (χ4v) is 2.83. The number of hydrogen-bond acceptors (Lipinski definition) is 3. The van der Waals surface area contributed by atoms with Crippen molar-refractivity contribution < 1.29 is 13.9 Å². The molecule has 0 atom stereocenters. The maximum atomic E-state index is 12.2. The molecule has 2 aromatic carbocycles. The Morgan fingerprint density at radius 1 is 1.00 bits per heavy atom. The lowest BCUT2D eigenvalue weighted by molar-refractivity contribution is 0.0602. The summed E-state index contributed by atoms with van der Waals surface area (Å²) in [5.41, 5.74) is 2.18. The molecule has 0 bridgehead atoms.